The van der Waals surface area contributed by atoms with Crippen LogP contribution in [-0.2, 0) is 9.47 Å². The average molecular weight is 502 g/mol. The molecule has 0 saturated carbocycles. The van der Waals surface area contributed by atoms with Crippen LogP contribution in [0.3, 0.4) is 0 Å². The summed E-state index contributed by atoms with van der Waals surface area (Å²) in [4.78, 5) is 27.8. The Bertz CT molecular complexity index is 884. The molecule has 2 heterocycles. The molecule has 0 N–H and O–H groups in total. The number of nitriles is 1. The molecule has 1 fully saturated rings. The van der Waals surface area contributed by atoms with Crippen LogP contribution in [0.5, 0.6) is 0 Å². The fourth-order valence-corrected chi connectivity index (χ4v) is 3.68. The third-order valence-corrected chi connectivity index (χ3v) is 5.04. The summed E-state index contributed by atoms with van der Waals surface area (Å²) in [7, 11) is 1.47. The number of likely N-dealkylation sites (tertiary alicyclic amines) is 1. The number of halogens is 2. The van der Waals surface area contributed by atoms with Crippen LogP contribution >= 0.6 is 15.9 Å². The normalized spacial score (nSPS) is 19.2. The zero-order valence-corrected chi connectivity index (χ0v) is 20.5. The smallest absolute Gasteiger partial charge is 0.415 e. The third kappa shape index (κ3) is 5.87. The first-order valence-corrected chi connectivity index (χ1v) is 10.7. The van der Waals surface area contributed by atoms with E-state index in [-0.39, 0.29) is 29.0 Å². The van der Waals surface area contributed by atoms with Crippen molar-refractivity contribution < 1.29 is 23.5 Å². The Labute approximate surface area is 190 Å². The highest BCUT2D eigenvalue weighted by Gasteiger charge is 2.41. The molecule has 0 spiro atoms. The molecule has 1 aliphatic rings. The van der Waals surface area contributed by atoms with E-state index < -0.39 is 42.1 Å². The number of anilines is 1. The number of ether oxygens (including phenoxy) is 2. The number of amides is 2. The Morgan fingerprint density at radius 3 is 2.32 bits per heavy atom. The van der Waals surface area contributed by atoms with Gasteiger partial charge in [-0.1, -0.05) is 0 Å². The van der Waals surface area contributed by atoms with Gasteiger partial charge in [-0.05, 0) is 63.9 Å². The van der Waals surface area contributed by atoms with Gasteiger partial charge < -0.3 is 14.4 Å². The Balaban J connectivity index is 2.40. The van der Waals surface area contributed by atoms with Gasteiger partial charge in [-0.25, -0.2) is 18.7 Å². The van der Waals surface area contributed by atoms with Crippen LogP contribution in [0.25, 0.3) is 0 Å². The molecule has 2 rings (SSSR count). The van der Waals surface area contributed by atoms with Gasteiger partial charge in [0.15, 0.2) is 5.82 Å². The molecule has 2 amide bonds. The third-order valence-electron chi connectivity index (χ3n) is 4.48. The number of hydrogen-bond donors (Lipinski definition) is 0. The summed E-state index contributed by atoms with van der Waals surface area (Å²) in [6, 6.07) is 0.871. The number of carbonyl (C=O) groups is 2. The lowest BCUT2D eigenvalue weighted by Crippen LogP contribution is -2.41. The second kappa shape index (κ2) is 9.02. The van der Waals surface area contributed by atoms with Crippen molar-refractivity contribution in [1.82, 2.24) is 14.7 Å². The second-order valence-corrected chi connectivity index (χ2v) is 10.2. The number of nitrogens with zero attached hydrogens (tertiary/aromatic N) is 5. The molecular weight excluding hydrogens is 473 g/mol. The molecule has 9 nitrogen and oxygen atoms in total. The van der Waals surface area contributed by atoms with E-state index in [4.69, 9.17) is 9.47 Å². The van der Waals surface area contributed by atoms with Crippen LogP contribution in [0.15, 0.2) is 4.60 Å². The molecule has 0 radical (unpaired) electrons. The van der Waals surface area contributed by atoms with Gasteiger partial charge in [-0.2, -0.15) is 10.4 Å². The van der Waals surface area contributed by atoms with Gasteiger partial charge in [-0.15, -0.1) is 0 Å². The Morgan fingerprint density at radius 1 is 1.26 bits per heavy atom. The molecule has 0 aliphatic carbocycles. The molecule has 2 atom stereocenters. The van der Waals surface area contributed by atoms with Crippen molar-refractivity contribution in [3.63, 3.8) is 0 Å². The lowest BCUT2D eigenvalue weighted by atomic mass is 10.2. The van der Waals surface area contributed by atoms with Crippen molar-refractivity contribution in [3.05, 3.63) is 10.2 Å². The molecule has 0 bridgehead atoms. The van der Waals surface area contributed by atoms with Crippen LogP contribution in [0.4, 0.5) is 19.8 Å². The van der Waals surface area contributed by atoms with Crippen LogP contribution in [0.2, 0.25) is 0 Å². The summed E-state index contributed by atoms with van der Waals surface area (Å²) >= 11 is 3.26. The maximum Gasteiger partial charge on any atom is 0.415 e. The highest BCUT2D eigenvalue weighted by Crippen LogP contribution is 2.36. The van der Waals surface area contributed by atoms with Gasteiger partial charge in [0.2, 0.25) is 0 Å². The maximum atomic E-state index is 13.7. The number of carbonyl (C=O) groups excluding carboxylic acids is 2. The first-order valence-electron chi connectivity index (χ1n) is 9.89. The molecule has 31 heavy (non-hydrogen) atoms. The fraction of sp³-hybridized carbons (Fsp3) is 0.700. The zero-order chi connectivity index (χ0) is 23.7. The predicted octanol–water partition coefficient (Wildman–Crippen LogP) is 4.41. The van der Waals surface area contributed by atoms with Crippen molar-refractivity contribution in [2.24, 2.45) is 0 Å². The van der Waals surface area contributed by atoms with E-state index >= 15 is 0 Å². The quantitative estimate of drug-likeness (QED) is 0.607. The molecule has 1 saturated heterocycles. The summed E-state index contributed by atoms with van der Waals surface area (Å²) in [5, 5.41) is 14.0. The van der Waals surface area contributed by atoms with Crippen molar-refractivity contribution in [2.75, 3.05) is 25.2 Å². The molecular formula is C20H29BrFN5O4. The highest BCUT2D eigenvalue weighted by molar-refractivity contribution is 9.10. The number of aromatic nitrogens is 2. The Morgan fingerprint density at radius 2 is 1.84 bits per heavy atom. The minimum atomic E-state index is -0.749. The van der Waals surface area contributed by atoms with Crippen molar-refractivity contribution in [2.45, 2.75) is 71.2 Å². The summed E-state index contributed by atoms with van der Waals surface area (Å²) in [5.74, 6) is 0.206. The summed E-state index contributed by atoms with van der Waals surface area (Å²) in [6.45, 7) is 9.79. The van der Waals surface area contributed by atoms with Crippen LogP contribution in [0.1, 0.15) is 59.6 Å². The van der Waals surface area contributed by atoms with Gasteiger partial charge in [0, 0.05) is 13.6 Å². The second-order valence-electron chi connectivity index (χ2n) is 9.42. The van der Waals surface area contributed by atoms with Gasteiger partial charge in [0.05, 0.1) is 12.1 Å². The van der Waals surface area contributed by atoms with E-state index in [2.05, 4.69) is 21.0 Å². The molecule has 0 unspecified atom stereocenters. The monoisotopic (exact) mass is 501 g/mol. The van der Waals surface area contributed by atoms with Gasteiger partial charge in [0.1, 0.15) is 34.1 Å². The lowest BCUT2D eigenvalue weighted by molar-refractivity contribution is 0.0202. The van der Waals surface area contributed by atoms with E-state index in [1.165, 1.54) is 21.5 Å². The van der Waals surface area contributed by atoms with Crippen LogP contribution in [-0.4, -0.2) is 64.4 Å². The first kappa shape index (κ1) is 24.9. The largest absolute Gasteiger partial charge is 0.444 e. The van der Waals surface area contributed by atoms with Crippen molar-refractivity contribution in [1.29, 1.82) is 5.26 Å². The summed E-state index contributed by atoms with van der Waals surface area (Å²) < 4.78 is 26.3. The predicted molar refractivity (Wildman–Crippen MR) is 116 cm³/mol. The number of alkyl halides is 1. The van der Waals surface area contributed by atoms with Crippen LogP contribution < -0.4 is 4.90 Å². The topological polar surface area (TPSA) is 101 Å². The molecule has 1 aromatic heterocycles. The van der Waals surface area contributed by atoms with E-state index in [1.807, 2.05) is 6.07 Å². The van der Waals surface area contributed by atoms with Crippen molar-refractivity contribution in [3.8, 4) is 6.07 Å². The highest BCUT2D eigenvalue weighted by atomic mass is 79.9. The molecule has 11 heteroatoms. The molecule has 1 aromatic rings. The van der Waals surface area contributed by atoms with Crippen LogP contribution in [0, 0.1) is 11.3 Å². The lowest BCUT2D eigenvalue weighted by Gasteiger charge is -2.27. The van der Waals surface area contributed by atoms with Crippen molar-refractivity contribution >= 4 is 33.9 Å². The first-order chi connectivity index (χ1) is 14.2. The number of hydrogen-bond acceptors (Lipinski definition) is 6. The van der Waals surface area contributed by atoms with Gasteiger partial charge in [-0.3, -0.25) is 4.90 Å². The standard InChI is InChI=1S/C20H29BrFN5O4/c1-19(2,3)30-17(28)25(7)16-14(10-23)15(21)24-27(16)13-8-12(9-22)26(11-13)18(29)31-20(4,5)6/h12-13H,8-9,11H2,1-7H3/t12-,13-/m0/s1. The minimum Gasteiger partial charge on any atom is -0.444 e. The van der Waals surface area contributed by atoms with E-state index in [9.17, 15) is 19.2 Å². The SMILES string of the molecule is CN(C(=O)OC(C)(C)C)c1c(C#N)c(Br)nn1[C@H]1C[C@@H](CF)N(C(=O)OC(C)(C)C)C1. The summed E-state index contributed by atoms with van der Waals surface area (Å²) in [5.41, 5.74) is -1.32. The zero-order valence-electron chi connectivity index (χ0n) is 18.9. The number of rotatable bonds is 3. The van der Waals surface area contributed by atoms with Gasteiger partial charge >= 0.3 is 12.2 Å². The molecule has 1 aliphatic heterocycles. The Hall–Kier alpha value is -2.35. The minimum absolute atomic E-state index is 0.123. The van der Waals surface area contributed by atoms with E-state index in [1.54, 1.807) is 41.5 Å². The van der Waals surface area contributed by atoms with E-state index in [0.717, 1.165) is 0 Å². The Kier molecular flexibility index (Phi) is 7.25. The van der Waals surface area contributed by atoms with Gasteiger partial charge in [0.25, 0.3) is 0 Å². The van der Waals surface area contributed by atoms with E-state index in [0.29, 0.717) is 0 Å². The average Bonchev–Trinajstić information content (AvgIpc) is 3.18. The fourth-order valence-electron chi connectivity index (χ4n) is 3.25. The molecule has 0 aromatic carbocycles. The maximum absolute atomic E-state index is 13.7. The summed E-state index contributed by atoms with van der Waals surface area (Å²) in [6.07, 6.45) is -1.03. The molecule has 172 valence electrons.